The lowest BCUT2D eigenvalue weighted by Crippen LogP contribution is -2.33. The van der Waals surface area contributed by atoms with Gasteiger partial charge in [0.2, 0.25) is 0 Å². The van der Waals surface area contributed by atoms with E-state index in [1.807, 2.05) is 18.3 Å². The van der Waals surface area contributed by atoms with E-state index in [1.165, 1.54) is 24.3 Å². The SMILES string of the molecule is CC(O)CC1CCCN1CCc1cccs1. The molecule has 0 amide bonds. The smallest absolute Gasteiger partial charge is 0.0527 e. The fourth-order valence-corrected chi connectivity index (χ4v) is 3.26. The summed E-state index contributed by atoms with van der Waals surface area (Å²) in [4.78, 5) is 4.02. The van der Waals surface area contributed by atoms with Gasteiger partial charge in [-0.1, -0.05) is 6.07 Å². The third kappa shape index (κ3) is 3.30. The van der Waals surface area contributed by atoms with Crippen LogP contribution in [0.4, 0.5) is 0 Å². The van der Waals surface area contributed by atoms with E-state index in [2.05, 4.69) is 22.4 Å². The number of hydrogen-bond donors (Lipinski definition) is 1. The molecule has 2 unspecified atom stereocenters. The molecule has 1 aromatic rings. The number of aliphatic hydroxyl groups excluding tert-OH is 1. The van der Waals surface area contributed by atoms with E-state index in [1.54, 1.807) is 0 Å². The normalized spacial score (nSPS) is 23.8. The zero-order chi connectivity index (χ0) is 11.4. The molecule has 3 heteroatoms. The molecule has 0 spiro atoms. The van der Waals surface area contributed by atoms with E-state index in [4.69, 9.17) is 0 Å². The van der Waals surface area contributed by atoms with E-state index in [9.17, 15) is 5.11 Å². The summed E-state index contributed by atoms with van der Waals surface area (Å²) in [7, 11) is 0. The summed E-state index contributed by atoms with van der Waals surface area (Å²) in [6, 6.07) is 4.95. The lowest BCUT2D eigenvalue weighted by molar-refractivity contribution is 0.134. The Balaban J connectivity index is 1.79. The Morgan fingerprint density at radius 3 is 3.19 bits per heavy atom. The van der Waals surface area contributed by atoms with E-state index in [0.29, 0.717) is 6.04 Å². The summed E-state index contributed by atoms with van der Waals surface area (Å²) in [5.41, 5.74) is 0. The predicted molar refractivity (Wildman–Crippen MR) is 68.9 cm³/mol. The minimum atomic E-state index is -0.160. The molecule has 1 aliphatic rings. The van der Waals surface area contributed by atoms with Crippen LogP contribution in [-0.4, -0.2) is 35.2 Å². The van der Waals surface area contributed by atoms with Gasteiger partial charge in [0.1, 0.15) is 0 Å². The molecule has 2 heterocycles. The summed E-state index contributed by atoms with van der Waals surface area (Å²) in [6.07, 6.45) is 4.49. The molecule has 16 heavy (non-hydrogen) atoms. The van der Waals surface area contributed by atoms with Crippen LogP contribution in [0, 0.1) is 0 Å². The van der Waals surface area contributed by atoms with Crippen LogP contribution in [0.3, 0.4) is 0 Å². The van der Waals surface area contributed by atoms with Crippen molar-refractivity contribution in [3.63, 3.8) is 0 Å². The highest BCUT2D eigenvalue weighted by Gasteiger charge is 2.24. The van der Waals surface area contributed by atoms with Crippen molar-refractivity contribution in [1.82, 2.24) is 4.90 Å². The molecule has 90 valence electrons. The third-order valence-electron chi connectivity index (χ3n) is 3.34. The average Bonchev–Trinajstić information content (AvgIpc) is 2.84. The highest BCUT2D eigenvalue weighted by atomic mass is 32.1. The van der Waals surface area contributed by atoms with Gasteiger partial charge in [-0.2, -0.15) is 0 Å². The number of aliphatic hydroxyl groups is 1. The first-order valence-corrected chi connectivity index (χ1v) is 7.08. The monoisotopic (exact) mass is 239 g/mol. The molecule has 0 saturated carbocycles. The fourth-order valence-electron chi connectivity index (χ4n) is 2.56. The van der Waals surface area contributed by atoms with E-state index in [0.717, 1.165) is 19.4 Å². The second-order valence-corrected chi connectivity index (χ2v) is 5.78. The van der Waals surface area contributed by atoms with E-state index >= 15 is 0 Å². The Bertz CT molecular complexity index is 297. The molecule has 1 aliphatic heterocycles. The van der Waals surface area contributed by atoms with Crippen LogP contribution in [0.25, 0.3) is 0 Å². The van der Waals surface area contributed by atoms with Crippen LogP contribution in [0.1, 0.15) is 31.1 Å². The minimum Gasteiger partial charge on any atom is -0.393 e. The first-order chi connectivity index (χ1) is 7.75. The van der Waals surface area contributed by atoms with Crippen molar-refractivity contribution in [1.29, 1.82) is 0 Å². The van der Waals surface area contributed by atoms with Gasteiger partial charge in [0, 0.05) is 17.5 Å². The number of likely N-dealkylation sites (tertiary alicyclic amines) is 1. The van der Waals surface area contributed by atoms with E-state index < -0.39 is 0 Å². The third-order valence-corrected chi connectivity index (χ3v) is 4.27. The first-order valence-electron chi connectivity index (χ1n) is 6.20. The topological polar surface area (TPSA) is 23.5 Å². The molecule has 0 aliphatic carbocycles. The van der Waals surface area contributed by atoms with Gasteiger partial charge >= 0.3 is 0 Å². The molecule has 0 radical (unpaired) electrons. The second-order valence-electron chi connectivity index (χ2n) is 4.75. The summed E-state index contributed by atoms with van der Waals surface area (Å²) in [5, 5.41) is 11.6. The maximum Gasteiger partial charge on any atom is 0.0527 e. The lowest BCUT2D eigenvalue weighted by atomic mass is 10.1. The van der Waals surface area contributed by atoms with Crippen molar-refractivity contribution < 1.29 is 5.11 Å². The first kappa shape index (κ1) is 12.1. The number of thiophene rings is 1. The van der Waals surface area contributed by atoms with Gasteiger partial charge in [0.25, 0.3) is 0 Å². The lowest BCUT2D eigenvalue weighted by Gasteiger charge is -2.25. The summed E-state index contributed by atoms with van der Waals surface area (Å²) >= 11 is 1.85. The van der Waals surface area contributed by atoms with Gasteiger partial charge in [-0.15, -0.1) is 11.3 Å². The number of nitrogens with zero attached hydrogens (tertiary/aromatic N) is 1. The molecule has 1 N–H and O–H groups in total. The zero-order valence-corrected chi connectivity index (χ0v) is 10.7. The van der Waals surface area contributed by atoms with Gasteiger partial charge in [-0.3, -0.25) is 4.90 Å². The van der Waals surface area contributed by atoms with Crippen molar-refractivity contribution in [3.8, 4) is 0 Å². The summed E-state index contributed by atoms with van der Waals surface area (Å²) < 4.78 is 0. The number of hydrogen-bond acceptors (Lipinski definition) is 3. The molecular weight excluding hydrogens is 218 g/mol. The largest absolute Gasteiger partial charge is 0.393 e. The predicted octanol–water partition coefficient (Wildman–Crippen LogP) is 2.53. The summed E-state index contributed by atoms with van der Waals surface area (Å²) in [5.74, 6) is 0. The molecule has 1 saturated heterocycles. The van der Waals surface area contributed by atoms with Gasteiger partial charge in [0.15, 0.2) is 0 Å². The molecule has 0 bridgehead atoms. The van der Waals surface area contributed by atoms with Crippen LogP contribution in [0.2, 0.25) is 0 Å². The van der Waals surface area contributed by atoms with Crippen LogP contribution < -0.4 is 0 Å². The Kier molecular flexibility index (Phi) is 4.38. The maximum atomic E-state index is 9.46. The van der Waals surface area contributed by atoms with Crippen molar-refractivity contribution >= 4 is 11.3 Å². The standard InChI is InChI=1S/C13H21NOS/c1-11(15)10-12-4-2-7-14(12)8-6-13-5-3-9-16-13/h3,5,9,11-12,15H,2,4,6-8,10H2,1H3. The van der Waals surface area contributed by atoms with Crippen molar-refractivity contribution in [2.45, 2.75) is 44.8 Å². The Morgan fingerprint density at radius 2 is 2.50 bits per heavy atom. The quantitative estimate of drug-likeness (QED) is 0.853. The van der Waals surface area contributed by atoms with Gasteiger partial charge < -0.3 is 5.11 Å². The Morgan fingerprint density at radius 1 is 1.62 bits per heavy atom. The zero-order valence-electron chi connectivity index (χ0n) is 9.93. The van der Waals surface area contributed by atoms with Crippen molar-refractivity contribution in [2.75, 3.05) is 13.1 Å². The van der Waals surface area contributed by atoms with Crippen LogP contribution in [0.15, 0.2) is 17.5 Å². The van der Waals surface area contributed by atoms with Gasteiger partial charge in [0.05, 0.1) is 6.10 Å². The van der Waals surface area contributed by atoms with Gasteiger partial charge in [-0.25, -0.2) is 0 Å². The molecular formula is C13H21NOS. The number of rotatable bonds is 5. The van der Waals surface area contributed by atoms with Crippen molar-refractivity contribution in [2.24, 2.45) is 0 Å². The van der Waals surface area contributed by atoms with Crippen LogP contribution in [0.5, 0.6) is 0 Å². The van der Waals surface area contributed by atoms with Crippen molar-refractivity contribution in [3.05, 3.63) is 22.4 Å². The van der Waals surface area contributed by atoms with Gasteiger partial charge in [-0.05, 0) is 50.6 Å². The summed E-state index contributed by atoms with van der Waals surface area (Å²) in [6.45, 7) is 4.26. The average molecular weight is 239 g/mol. The van der Waals surface area contributed by atoms with E-state index in [-0.39, 0.29) is 6.10 Å². The maximum absolute atomic E-state index is 9.46. The molecule has 1 aromatic heterocycles. The molecule has 1 fully saturated rings. The Hall–Kier alpha value is -0.380. The highest BCUT2D eigenvalue weighted by molar-refractivity contribution is 7.09. The molecule has 0 aromatic carbocycles. The minimum absolute atomic E-state index is 0.160. The molecule has 2 nitrogen and oxygen atoms in total. The highest BCUT2D eigenvalue weighted by Crippen LogP contribution is 2.22. The Labute approximate surface area is 102 Å². The second kappa shape index (κ2) is 5.80. The fraction of sp³-hybridized carbons (Fsp3) is 0.692. The van der Waals surface area contributed by atoms with Crippen LogP contribution in [-0.2, 0) is 6.42 Å². The van der Waals surface area contributed by atoms with Crippen LogP contribution >= 0.6 is 11.3 Å². The molecule has 2 atom stereocenters. The molecule has 2 rings (SSSR count).